The molecule has 0 fully saturated rings. The lowest BCUT2D eigenvalue weighted by Crippen LogP contribution is -2.33. The van der Waals surface area contributed by atoms with E-state index in [0.717, 1.165) is 24.6 Å². The molecule has 19 heavy (non-hydrogen) atoms. The molecule has 1 amide bonds. The molecule has 0 spiro atoms. The summed E-state index contributed by atoms with van der Waals surface area (Å²) >= 11 is 0. The van der Waals surface area contributed by atoms with Crippen LogP contribution in [0.4, 0.5) is 5.69 Å². The molecule has 1 heterocycles. The average Bonchev–Trinajstić information content (AvgIpc) is 2.81. The van der Waals surface area contributed by atoms with Gasteiger partial charge in [0.2, 0.25) is 0 Å². The summed E-state index contributed by atoms with van der Waals surface area (Å²) in [7, 11) is 0. The molecular formula is C15H20N2O2. The molecule has 0 aliphatic carbocycles. The molecule has 1 unspecified atom stereocenters. The van der Waals surface area contributed by atoms with Gasteiger partial charge in [0.1, 0.15) is 5.58 Å². The molecule has 4 heteroatoms. The Kier molecular flexibility index (Phi) is 4.10. The lowest BCUT2D eigenvalue weighted by molar-refractivity contribution is 0.0908. The molecule has 0 aliphatic rings. The maximum Gasteiger partial charge on any atom is 0.287 e. The van der Waals surface area contributed by atoms with Crippen molar-refractivity contribution < 1.29 is 9.21 Å². The number of carbonyl (C=O) groups excluding carboxylic acids is 1. The molecule has 1 aromatic heterocycles. The number of furan rings is 1. The Morgan fingerprint density at radius 2 is 2.16 bits per heavy atom. The molecule has 1 aromatic carbocycles. The molecule has 2 aromatic rings. The average molecular weight is 260 g/mol. The molecule has 4 nitrogen and oxygen atoms in total. The van der Waals surface area contributed by atoms with Crippen molar-refractivity contribution in [2.45, 2.75) is 39.2 Å². The number of hydrogen-bond acceptors (Lipinski definition) is 3. The van der Waals surface area contributed by atoms with Crippen LogP contribution in [0.3, 0.4) is 0 Å². The first-order valence-corrected chi connectivity index (χ1v) is 6.74. The Labute approximate surface area is 113 Å². The molecule has 0 radical (unpaired) electrons. The number of anilines is 1. The van der Waals surface area contributed by atoms with E-state index in [1.54, 1.807) is 24.3 Å². The number of nitrogen functional groups attached to an aromatic ring is 1. The van der Waals surface area contributed by atoms with Gasteiger partial charge < -0.3 is 15.5 Å². The summed E-state index contributed by atoms with van der Waals surface area (Å²) in [6, 6.07) is 7.29. The van der Waals surface area contributed by atoms with E-state index in [1.807, 2.05) is 0 Å². The number of fused-ring (bicyclic) bond motifs is 1. The minimum atomic E-state index is -0.157. The first kappa shape index (κ1) is 13.5. The van der Waals surface area contributed by atoms with Crippen LogP contribution in [0.25, 0.3) is 11.0 Å². The van der Waals surface area contributed by atoms with Gasteiger partial charge in [0.25, 0.3) is 5.91 Å². The van der Waals surface area contributed by atoms with Crippen LogP contribution in [0.2, 0.25) is 0 Å². The van der Waals surface area contributed by atoms with Crippen molar-refractivity contribution in [3.05, 3.63) is 30.0 Å². The fraction of sp³-hybridized carbons (Fsp3) is 0.400. The third kappa shape index (κ3) is 3.08. The summed E-state index contributed by atoms with van der Waals surface area (Å²) in [4.78, 5) is 12.1. The Morgan fingerprint density at radius 1 is 1.37 bits per heavy atom. The number of nitrogens with two attached hydrogens (primary N) is 1. The fourth-order valence-corrected chi connectivity index (χ4v) is 2.16. The zero-order valence-corrected chi connectivity index (χ0v) is 11.4. The lowest BCUT2D eigenvalue weighted by Gasteiger charge is -2.14. The lowest BCUT2D eigenvalue weighted by atomic mass is 10.1. The monoisotopic (exact) mass is 260 g/mol. The van der Waals surface area contributed by atoms with Crippen LogP contribution in [0.15, 0.2) is 28.7 Å². The smallest absolute Gasteiger partial charge is 0.287 e. The van der Waals surface area contributed by atoms with Gasteiger partial charge >= 0.3 is 0 Å². The van der Waals surface area contributed by atoms with Crippen LogP contribution < -0.4 is 11.1 Å². The van der Waals surface area contributed by atoms with E-state index in [-0.39, 0.29) is 11.9 Å². The van der Waals surface area contributed by atoms with E-state index < -0.39 is 0 Å². The first-order valence-electron chi connectivity index (χ1n) is 6.74. The Balaban J connectivity index is 2.17. The van der Waals surface area contributed by atoms with Gasteiger partial charge in [-0.1, -0.05) is 20.3 Å². The van der Waals surface area contributed by atoms with E-state index in [2.05, 4.69) is 19.2 Å². The molecule has 1 atom stereocenters. The van der Waals surface area contributed by atoms with Crippen molar-refractivity contribution >= 4 is 22.6 Å². The zero-order valence-electron chi connectivity index (χ0n) is 11.4. The Hall–Kier alpha value is -1.97. The van der Waals surface area contributed by atoms with Crippen LogP contribution in [0.5, 0.6) is 0 Å². The van der Waals surface area contributed by atoms with Gasteiger partial charge in [-0.25, -0.2) is 0 Å². The highest BCUT2D eigenvalue weighted by Crippen LogP contribution is 2.21. The maximum absolute atomic E-state index is 12.1. The minimum absolute atomic E-state index is 0.157. The summed E-state index contributed by atoms with van der Waals surface area (Å²) in [6.45, 7) is 4.18. The number of rotatable bonds is 5. The number of benzene rings is 1. The quantitative estimate of drug-likeness (QED) is 0.810. The van der Waals surface area contributed by atoms with Gasteiger partial charge in [0.15, 0.2) is 5.76 Å². The summed E-state index contributed by atoms with van der Waals surface area (Å²) in [5.74, 6) is 0.185. The summed E-state index contributed by atoms with van der Waals surface area (Å²) in [5.41, 5.74) is 7.06. The molecule has 0 saturated carbocycles. The third-order valence-corrected chi connectivity index (χ3v) is 3.23. The molecule has 0 saturated heterocycles. The van der Waals surface area contributed by atoms with Crippen molar-refractivity contribution in [2.24, 2.45) is 0 Å². The van der Waals surface area contributed by atoms with Gasteiger partial charge in [0, 0.05) is 17.1 Å². The molecule has 2 rings (SSSR count). The Morgan fingerprint density at radius 3 is 2.84 bits per heavy atom. The van der Waals surface area contributed by atoms with Gasteiger partial charge in [-0.15, -0.1) is 0 Å². The Bertz CT molecular complexity index is 575. The second-order valence-corrected chi connectivity index (χ2v) is 4.78. The van der Waals surface area contributed by atoms with Crippen LogP contribution in [0.1, 0.15) is 43.7 Å². The van der Waals surface area contributed by atoms with Crippen molar-refractivity contribution in [3.8, 4) is 0 Å². The molecule has 0 bridgehead atoms. The van der Waals surface area contributed by atoms with Crippen molar-refractivity contribution in [1.29, 1.82) is 0 Å². The van der Waals surface area contributed by atoms with Crippen molar-refractivity contribution in [3.63, 3.8) is 0 Å². The highest BCUT2D eigenvalue weighted by atomic mass is 16.3. The van der Waals surface area contributed by atoms with Crippen LogP contribution in [-0.4, -0.2) is 11.9 Å². The van der Waals surface area contributed by atoms with Gasteiger partial charge in [-0.2, -0.15) is 0 Å². The summed E-state index contributed by atoms with van der Waals surface area (Å²) < 4.78 is 5.54. The van der Waals surface area contributed by atoms with Crippen LogP contribution >= 0.6 is 0 Å². The topological polar surface area (TPSA) is 68.3 Å². The first-order chi connectivity index (χ1) is 9.13. The van der Waals surface area contributed by atoms with E-state index in [0.29, 0.717) is 17.0 Å². The second kappa shape index (κ2) is 5.78. The normalized spacial score (nSPS) is 12.5. The van der Waals surface area contributed by atoms with Crippen LogP contribution in [0, 0.1) is 0 Å². The van der Waals surface area contributed by atoms with Gasteiger partial charge in [-0.05, 0) is 37.1 Å². The van der Waals surface area contributed by atoms with E-state index in [1.165, 1.54) is 0 Å². The minimum Gasteiger partial charge on any atom is -0.451 e. The predicted molar refractivity (Wildman–Crippen MR) is 77.1 cm³/mol. The van der Waals surface area contributed by atoms with Crippen molar-refractivity contribution in [2.75, 3.05) is 5.73 Å². The fourth-order valence-electron chi connectivity index (χ4n) is 2.16. The van der Waals surface area contributed by atoms with Gasteiger partial charge in [0.05, 0.1) is 0 Å². The standard InChI is InChI=1S/C15H20N2O2/c1-3-5-12(4-2)17-15(18)14-9-10-8-11(16)6-7-13(10)19-14/h6-9,12H,3-5,16H2,1-2H3,(H,17,18). The second-order valence-electron chi connectivity index (χ2n) is 4.78. The van der Waals surface area contributed by atoms with Crippen LogP contribution in [-0.2, 0) is 0 Å². The number of hydrogen-bond donors (Lipinski definition) is 2. The summed E-state index contributed by atoms with van der Waals surface area (Å²) in [6.07, 6.45) is 2.96. The third-order valence-electron chi connectivity index (χ3n) is 3.23. The van der Waals surface area contributed by atoms with Gasteiger partial charge in [-0.3, -0.25) is 4.79 Å². The van der Waals surface area contributed by atoms with Crippen molar-refractivity contribution in [1.82, 2.24) is 5.32 Å². The number of nitrogens with one attached hydrogen (secondary N) is 1. The van der Waals surface area contributed by atoms with E-state index in [9.17, 15) is 4.79 Å². The largest absolute Gasteiger partial charge is 0.451 e. The maximum atomic E-state index is 12.1. The number of carbonyl (C=O) groups is 1. The highest BCUT2D eigenvalue weighted by Gasteiger charge is 2.15. The molecule has 3 N–H and O–H groups in total. The zero-order chi connectivity index (χ0) is 13.8. The summed E-state index contributed by atoms with van der Waals surface area (Å²) in [5, 5.41) is 3.85. The number of amides is 1. The molecule has 102 valence electrons. The van der Waals surface area contributed by atoms with E-state index >= 15 is 0 Å². The highest BCUT2D eigenvalue weighted by molar-refractivity contribution is 5.96. The molecular weight excluding hydrogens is 240 g/mol. The van der Waals surface area contributed by atoms with E-state index in [4.69, 9.17) is 10.2 Å². The predicted octanol–water partition coefficient (Wildman–Crippen LogP) is 3.32. The SMILES string of the molecule is CCCC(CC)NC(=O)c1cc2cc(N)ccc2o1. The molecule has 0 aliphatic heterocycles.